The fourth-order valence-corrected chi connectivity index (χ4v) is 1.20. The molecule has 1 aliphatic rings. The van der Waals surface area contributed by atoms with Gasteiger partial charge in [-0.05, 0) is 6.92 Å². The Hall–Kier alpha value is -0.530. The van der Waals surface area contributed by atoms with Crippen LogP contribution in [0.15, 0.2) is 0 Å². The van der Waals surface area contributed by atoms with Gasteiger partial charge in [0.2, 0.25) is 0 Å². The standard InChI is InChI=1S/C7H12O6/c1-2(8)6-4(10)3(9)5(11)7(12)13-6/h3-7,9-12H,1H3/t3-,4?,5-,6?,7?/m0/s1. The Morgan fingerprint density at radius 2 is 1.62 bits per heavy atom. The summed E-state index contributed by atoms with van der Waals surface area (Å²) in [6, 6.07) is 0. The lowest BCUT2D eigenvalue weighted by molar-refractivity contribution is -0.274. The summed E-state index contributed by atoms with van der Waals surface area (Å²) < 4.78 is 4.59. The summed E-state index contributed by atoms with van der Waals surface area (Å²) in [6.07, 6.45) is -7.60. The molecular weight excluding hydrogens is 180 g/mol. The van der Waals surface area contributed by atoms with Crippen LogP contribution < -0.4 is 0 Å². The molecule has 6 nitrogen and oxygen atoms in total. The normalized spacial score (nSPS) is 46.1. The van der Waals surface area contributed by atoms with Gasteiger partial charge in [0.05, 0.1) is 0 Å². The Morgan fingerprint density at radius 3 is 2.08 bits per heavy atom. The molecule has 76 valence electrons. The molecular formula is C7H12O6. The number of aliphatic hydroxyl groups is 4. The zero-order valence-electron chi connectivity index (χ0n) is 6.99. The lowest BCUT2D eigenvalue weighted by Crippen LogP contribution is -2.59. The number of rotatable bonds is 1. The van der Waals surface area contributed by atoms with E-state index in [1.165, 1.54) is 0 Å². The number of carbonyl (C=O) groups is 1. The molecule has 1 saturated heterocycles. The molecule has 0 bridgehead atoms. The minimum absolute atomic E-state index is 0.516. The number of ketones is 1. The average molecular weight is 192 g/mol. The SMILES string of the molecule is CC(=O)C1OC(O)[C@@H](O)[C@@H](O)C1O. The summed E-state index contributed by atoms with van der Waals surface area (Å²) in [6.45, 7) is 1.16. The molecule has 3 unspecified atom stereocenters. The van der Waals surface area contributed by atoms with Gasteiger partial charge in [0.1, 0.15) is 24.4 Å². The second-order valence-electron chi connectivity index (χ2n) is 3.03. The maximum Gasteiger partial charge on any atom is 0.184 e. The molecule has 6 heteroatoms. The van der Waals surface area contributed by atoms with Crippen LogP contribution in [-0.2, 0) is 9.53 Å². The minimum atomic E-state index is -1.65. The number of hydrogen-bond acceptors (Lipinski definition) is 6. The minimum Gasteiger partial charge on any atom is -0.387 e. The predicted octanol–water partition coefficient (Wildman–Crippen LogP) is -2.62. The number of hydrogen-bond donors (Lipinski definition) is 4. The molecule has 1 rings (SSSR count). The van der Waals surface area contributed by atoms with Gasteiger partial charge >= 0.3 is 0 Å². The van der Waals surface area contributed by atoms with Crippen molar-refractivity contribution < 1.29 is 30.0 Å². The molecule has 1 fully saturated rings. The van der Waals surface area contributed by atoms with Crippen LogP contribution >= 0.6 is 0 Å². The molecule has 0 aliphatic carbocycles. The molecule has 0 aromatic rings. The van der Waals surface area contributed by atoms with Crippen LogP contribution in [-0.4, -0.2) is 56.9 Å². The van der Waals surface area contributed by atoms with Gasteiger partial charge in [-0.25, -0.2) is 0 Å². The van der Waals surface area contributed by atoms with E-state index in [2.05, 4.69) is 4.74 Å². The van der Waals surface area contributed by atoms with Gasteiger partial charge in [0.25, 0.3) is 0 Å². The lowest BCUT2D eigenvalue weighted by Gasteiger charge is -2.37. The van der Waals surface area contributed by atoms with Crippen molar-refractivity contribution in [3.05, 3.63) is 0 Å². The highest BCUT2D eigenvalue weighted by Crippen LogP contribution is 2.20. The van der Waals surface area contributed by atoms with Crippen LogP contribution in [0.5, 0.6) is 0 Å². The zero-order chi connectivity index (χ0) is 10.2. The third-order valence-corrected chi connectivity index (χ3v) is 1.99. The molecule has 13 heavy (non-hydrogen) atoms. The van der Waals surface area contributed by atoms with Crippen LogP contribution in [0.1, 0.15) is 6.92 Å². The maximum atomic E-state index is 10.8. The lowest BCUT2D eigenvalue weighted by atomic mass is 9.97. The third-order valence-electron chi connectivity index (χ3n) is 1.99. The largest absolute Gasteiger partial charge is 0.387 e. The Morgan fingerprint density at radius 1 is 1.08 bits per heavy atom. The summed E-state index contributed by atoms with van der Waals surface area (Å²) in [7, 11) is 0. The molecule has 1 aliphatic heterocycles. The van der Waals surface area contributed by atoms with Crippen LogP contribution in [0.4, 0.5) is 0 Å². The van der Waals surface area contributed by atoms with E-state index in [-0.39, 0.29) is 0 Å². The van der Waals surface area contributed by atoms with Crippen molar-refractivity contribution in [1.82, 2.24) is 0 Å². The first-order chi connectivity index (χ1) is 5.95. The van der Waals surface area contributed by atoms with Crippen molar-refractivity contribution >= 4 is 5.78 Å². The van der Waals surface area contributed by atoms with E-state index < -0.39 is 36.5 Å². The van der Waals surface area contributed by atoms with Crippen LogP contribution in [0.2, 0.25) is 0 Å². The molecule has 0 radical (unpaired) electrons. The Balaban J connectivity index is 2.76. The maximum absolute atomic E-state index is 10.8. The van der Waals surface area contributed by atoms with E-state index in [0.717, 1.165) is 6.92 Å². The number of Topliss-reactive ketones (excluding diaryl/α,β-unsaturated/α-hetero) is 1. The average Bonchev–Trinajstić information content (AvgIpc) is 2.07. The zero-order valence-corrected chi connectivity index (χ0v) is 6.99. The molecule has 5 atom stereocenters. The highest BCUT2D eigenvalue weighted by atomic mass is 16.6. The van der Waals surface area contributed by atoms with Crippen molar-refractivity contribution in [2.75, 3.05) is 0 Å². The van der Waals surface area contributed by atoms with Crippen molar-refractivity contribution in [3.8, 4) is 0 Å². The summed E-state index contributed by atoms with van der Waals surface area (Å²) in [5.41, 5.74) is 0. The number of carbonyl (C=O) groups excluding carboxylic acids is 1. The first kappa shape index (κ1) is 10.6. The third kappa shape index (κ3) is 1.87. The monoisotopic (exact) mass is 192 g/mol. The van der Waals surface area contributed by atoms with Gasteiger partial charge in [0.15, 0.2) is 12.1 Å². The summed E-state index contributed by atoms with van der Waals surface area (Å²) in [5.74, 6) is -0.516. The van der Waals surface area contributed by atoms with Gasteiger partial charge in [0, 0.05) is 0 Å². The van der Waals surface area contributed by atoms with Crippen molar-refractivity contribution in [3.63, 3.8) is 0 Å². The van der Waals surface area contributed by atoms with Crippen molar-refractivity contribution in [2.24, 2.45) is 0 Å². The van der Waals surface area contributed by atoms with Gasteiger partial charge in [-0.2, -0.15) is 0 Å². The summed E-state index contributed by atoms with van der Waals surface area (Å²) in [4.78, 5) is 10.8. The molecule has 4 N–H and O–H groups in total. The summed E-state index contributed by atoms with van der Waals surface area (Å²) in [5, 5.41) is 36.4. The van der Waals surface area contributed by atoms with E-state index in [4.69, 9.17) is 15.3 Å². The molecule has 0 aromatic carbocycles. The Bertz CT molecular complexity index is 205. The number of ether oxygens (including phenoxy) is 1. The summed E-state index contributed by atoms with van der Waals surface area (Å²) >= 11 is 0. The second kappa shape index (κ2) is 3.69. The van der Waals surface area contributed by atoms with Crippen LogP contribution in [0.25, 0.3) is 0 Å². The van der Waals surface area contributed by atoms with Gasteiger partial charge < -0.3 is 25.2 Å². The smallest absolute Gasteiger partial charge is 0.184 e. The van der Waals surface area contributed by atoms with Gasteiger partial charge in [-0.1, -0.05) is 0 Å². The first-order valence-electron chi connectivity index (χ1n) is 3.83. The molecule has 0 aromatic heterocycles. The highest BCUT2D eigenvalue weighted by Gasteiger charge is 2.44. The Kier molecular flexibility index (Phi) is 2.99. The van der Waals surface area contributed by atoms with E-state index in [1.54, 1.807) is 0 Å². The van der Waals surface area contributed by atoms with E-state index in [1.807, 2.05) is 0 Å². The molecule has 0 saturated carbocycles. The fraction of sp³-hybridized carbons (Fsp3) is 0.857. The van der Waals surface area contributed by atoms with E-state index >= 15 is 0 Å². The molecule has 0 spiro atoms. The quantitative estimate of drug-likeness (QED) is 0.362. The Labute approximate surface area is 74.4 Å². The van der Waals surface area contributed by atoms with Gasteiger partial charge in [-0.3, -0.25) is 4.79 Å². The van der Waals surface area contributed by atoms with Crippen LogP contribution in [0.3, 0.4) is 0 Å². The second-order valence-corrected chi connectivity index (χ2v) is 3.03. The van der Waals surface area contributed by atoms with Gasteiger partial charge in [-0.15, -0.1) is 0 Å². The predicted molar refractivity (Wildman–Crippen MR) is 39.6 cm³/mol. The fourth-order valence-electron chi connectivity index (χ4n) is 1.20. The van der Waals surface area contributed by atoms with Crippen LogP contribution in [0, 0.1) is 0 Å². The topological polar surface area (TPSA) is 107 Å². The molecule has 0 amide bonds. The highest BCUT2D eigenvalue weighted by molar-refractivity contribution is 5.81. The van der Waals surface area contributed by atoms with Crippen molar-refractivity contribution in [2.45, 2.75) is 37.6 Å². The van der Waals surface area contributed by atoms with E-state index in [0.29, 0.717) is 0 Å². The first-order valence-corrected chi connectivity index (χ1v) is 3.83. The number of aliphatic hydroxyl groups excluding tert-OH is 4. The van der Waals surface area contributed by atoms with E-state index in [9.17, 15) is 9.90 Å². The van der Waals surface area contributed by atoms with Crippen molar-refractivity contribution in [1.29, 1.82) is 0 Å². The molecule has 1 heterocycles.